The molecule has 1 heterocycles. The smallest absolute Gasteiger partial charge is 0.0923 e. The highest BCUT2D eigenvalue weighted by molar-refractivity contribution is 5.23. The maximum Gasteiger partial charge on any atom is 0.0923 e. The van der Waals surface area contributed by atoms with Crippen molar-refractivity contribution in [3.05, 3.63) is 66.0 Å². The molecule has 2 heteroatoms. The molecular formula is C14H15NO. The van der Waals surface area contributed by atoms with Crippen LogP contribution in [0.15, 0.2) is 54.7 Å². The second kappa shape index (κ2) is 4.45. The van der Waals surface area contributed by atoms with E-state index in [9.17, 15) is 5.11 Å². The third-order valence-electron chi connectivity index (χ3n) is 2.65. The zero-order valence-electron chi connectivity index (χ0n) is 9.30. The van der Waals surface area contributed by atoms with Crippen molar-refractivity contribution in [2.45, 2.75) is 18.9 Å². The SMILES string of the molecule is C[C@@](O)(Cc1ccccn1)c1ccccc1. The van der Waals surface area contributed by atoms with Crippen LogP contribution in [-0.2, 0) is 12.0 Å². The van der Waals surface area contributed by atoms with E-state index in [-0.39, 0.29) is 0 Å². The minimum atomic E-state index is -0.865. The van der Waals surface area contributed by atoms with Crippen LogP contribution in [0, 0.1) is 0 Å². The lowest BCUT2D eigenvalue weighted by molar-refractivity contribution is 0.0566. The second-order valence-corrected chi connectivity index (χ2v) is 4.14. The number of aliphatic hydroxyl groups is 1. The fourth-order valence-electron chi connectivity index (χ4n) is 1.75. The zero-order chi connectivity index (χ0) is 11.4. The molecule has 2 aromatic rings. The standard InChI is InChI=1S/C14H15NO/c1-14(16,12-7-3-2-4-8-12)11-13-9-5-6-10-15-13/h2-10,16H,11H2,1H3/t14-/m1/s1. The van der Waals surface area contributed by atoms with Crippen LogP contribution in [0.3, 0.4) is 0 Å². The summed E-state index contributed by atoms with van der Waals surface area (Å²) in [6, 6.07) is 15.4. The predicted molar refractivity (Wildman–Crippen MR) is 64.0 cm³/mol. The lowest BCUT2D eigenvalue weighted by Gasteiger charge is -2.23. The fraction of sp³-hybridized carbons (Fsp3) is 0.214. The number of hydrogen-bond acceptors (Lipinski definition) is 2. The third-order valence-corrected chi connectivity index (χ3v) is 2.65. The first kappa shape index (κ1) is 10.8. The molecule has 0 aliphatic carbocycles. The van der Waals surface area contributed by atoms with Gasteiger partial charge in [0.1, 0.15) is 0 Å². The van der Waals surface area contributed by atoms with Gasteiger partial charge in [0.2, 0.25) is 0 Å². The molecule has 0 bridgehead atoms. The molecule has 0 aliphatic rings. The van der Waals surface area contributed by atoms with Gasteiger partial charge in [-0.05, 0) is 24.6 Å². The minimum absolute atomic E-state index is 0.526. The van der Waals surface area contributed by atoms with Gasteiger partial charge in [-0.3, -0.25) is 4.98 Å². The molecule has 1 aromatic heterocycles. The summed E-state index contributed by atoms with van der Waals surface area (Å²) < 4.78 is 0. The molecule has 2 nitrogen and oxygen atoms in total. The number of benzene rings is 1. The van der Waals surface area contributed by atoms with Gasteiger partial charge in [0, 0.05) is 18.3 Å². The lowest BCUT2D eigenvalue weighted by atomic mass is 9.91. The average Bonchev–Trinajstić information content (AvgIpc) is 2.31. The van der Waals surface area contributed by atoms with E-state index in [0.29, 0.717) is 6.42 Å². The highest BCUT2D eigenvalue weighted by Gasteiger charge is 2.23. The quantitative estimate of drug-likeness (QED) is 0.850. The van der Waals surface area contributed by atoms with Crippen LogP contribution >= 0.6 is 0 Å². The van der Waals surface area contributed by atoms with Crippen molar-refractivity contribution >= 4 is 0 Å². The first-order valence-electron chi connectivity index (χ1n) is 5.36. The first-order chi connectivity index (χ1) is 7.68. The summed E-state index contributed by atoms with van der Waals surface area (Å²) >= 11 is 0. The Morgan fingerprint density at radius 2 is 1.75 bits per heavy atom. The van der Waals surface area contributed by atoms with E-state index in [1.807, 2.05) is 55.5 Å². The molecule has 0 unspecified atom stereocenters. The van der Waals surface area contributed by atoms with E-state index in [0.717, 1.165) is 11.3 Å². The minimum Gasteiger partial charge on any atom is -0.385 e. The summed E-state index contributed by atoms with van der Waals surface area (Å²) in [4.78, 5) is 4.23. The Morgan fingerprint density at radius 1 is 1.06 bits per heavy atom. The molecule has 0 amide bonds. The van der Waals surface area contributed by atoms with E-state index in [4.69, 9.17) is 0 Å². The van der Waals surface area contributed by atoms with Crippen LogP contribution in [0.25, 0.3) is 0 Å². The van der Waals surface area contributed by atoms with Crippen molar-refractivity contribution in [3.8, 4) is 0 Å². The fourth-order valence-corrected chi connectivity index (χ4v) is 1.75. The number of hydrogen-bond donors (Lipinski definition) is 1. The molecule has 1 atom stereocenters. The molecule has 0 fully saturated rings. The third kappa shape index (κ3) is 2.47. The highest BCUT2D eigenvalue weighted by atomic mass is 16.3. The Morgan fingerprint density at radius 3 is 2.38 bits per heavy atom. The molecule has 0 saturated carbocycles. The Balaban J connectivity index is 2.21. The molecule has 1 aromatic carbocycles. The van der Waals surface area contributed by atoms with Crippen molar-refractivity contribution in [3.63, 3.8) is 0 Å². The van der Waals surface area contributed by atoms with Gasteiger partial charge < -0.3 is 5.11 Å². The number of pyridine rings is 1. The summed E-state index contributed by atoms with van der Waals surface area (Å²) in [5.74, 6) is 0. The maximum absolute atomic E-state index is 10.4. The Bertz CT molecular complexity index is 437. The summed E-state index contributed by atoms with van der Waals surface area (Å²) in [7, 11) is 0. The summed E-state index contributed by atoms with van der Waals surface area (Å²) in [6.07, 6.45) is 2.27. The van der Waals surface area contributed by atoms with Crippen molar-refractivity contribution < 1.29 is 5.11 Å². The molecule has 2 rings (SSSR count). The monoisotopic (exact) mass is 213 g/mol. The molecule has 16 heavy (non-hydrogen) atoms. The zero-order valence-corrected chi connectivity index (χ0v) is 9.30. The molecule has 0 spiro atoms. The van der Waals surface area contributed by atoms with Crippen LogP contribution in [0.1, 0.15) is 18.2 Å². The van der Waals surface area contributed by atoms with Crippen molar-refractivity contribution in [1.82, 2.24) is 4.98 Å². The van der Waals surface area contributed by atoms with Crippen LogP contribution in [0.5, 0.6) is 0 Å². The van der Waals surface area contributed by atoms with E-state index >= 15 is 0 Å². The number of nitrogens with zero attached hydrogens (tertiary/aromatic N) is 1. The Labute approximate surface area is 95.6 Å². The molecule has 0 radical (unpaired) electrons. The number of rotatable bonds is 3. The van der Waals surface area contributed by atoms with Crippen LogP contribution < -0.4 is 0 Å². The Hall–Kier alpha value is -1.67. The first-order valence-corrected chi connectivity index (χ1v) is 5.36. The van der Waals surface area contributed by atoms with Gasteiger partial charge in [-0.15, -0.1) is 0 Å². The van der Waals surface area contributed by atoms with Gasteiger partial charge in [-0.1, -0.05) is 36.4 Å². The topological polar surface area (TPSA) is 33.1 Å². The van der Waals surface area contributed by atoms with E-state index in [2.05, 4.69) is 4.98 Å². The van der Waals surface area contributed by atoms with Crippen molar-refractivity contribution in [1.29, 1.82) is 0 Å². The van der Waals surface area contributed by atoms with E-state index in [1.165, 1.54) is 0 Å². The van der Waals surface area contributed by atoms with Gasteiger partial charge in [-0.2, -0.15) is 0 Å². The Kier molecular flexibility index (Phi) is 3.02. The van der Waals surface area contributed by atoms with Gasteiger partial charge in [0.05, 0.1) is 5.60 Å². The van der Waals surface area contributed by atoms with E-state index in [1.54, 1.807) is 6.20 Å². The lowest BCUT2D eigenvalue weighted by Crippen LogP contribution is -2.24. The average molecular weight is 213 g/mol. The van der Waals surface area contributed by atoms with Crippen LogP contribution in [-0.4, -0.2) is 10.1 Å². The summed E-state index contributed by atoms with van der Waals surface area (Å²) in [5.41, 5.74) is 0.951. The van der Waals surface area contributed by atoms with Gasteiger partial charge in [0.15, 0.2) is 0 Å². The van der Waals surface area contributed by atoms with Crippen molar-refractivity contribution in [2.24, 2.45) is 0 Å². The van der Waals surface area contributed by atoms with Crippen LogP contribution in [0.2, 0.25) is 0 Å². The van der Waals surface area contributed by atoms with E-state index < -0.39 is 5.60 Å². The molecule has 82 valence electrons. The largest absolute Gasteiger partial charge is 0.385 e. The molecule has 1 N–H and O–H groups in total. The summed E-state index contributed by atoms with van der Waals surface area (Å²) in [5, 5.41) is 10.4. The van der Waals surface area contributed by atoms with Gasteiger partial charge in [-0.25, -0.2) is 0 Å². The molecule has 0 aliphatic heterocycles. The van der Waals surface area contributed by atoms with Gasteiger partial charge in [0.25, 0.3) is 0 Å². The maximum atomic E-state index is 10.4. The highest BCUT2D eigenvalue weighted by Crippen LogP contribution is 2.23. The normalized spacial score (nSPS) is 14.4. The van der Waals surface area contributed by atoms with Gasteiger partial charge >= 0.3 is 0 Å². The summed E-state index contributed by atoms with van der Waals surface area (Å²) in [6.45, 7) is 1.82. The molecule has 0 saturated heterocycles. The second-order valence-electron chi connectivity index (χ2n) is 4.14. The predicted octanol–water partition coefficient (Wildman–Crippen LogP) is 2.53. The van der Waals surface area contributed by atoms with Crippen LogP contribution in [0.4, 0.5) is 0 Å². The van der Waals surface area contributed by atoms with Crippen molar-refractivity contribution in [2.75, 3.05) is 0 Å². The molecular weight excluding hydrogens is 198 g/mol. The number of aromatic nitrogens is 1.